The van der Waals surface area contributed by atoms with Crippen molar-refractivity contribution < 1.29 is 24.5 Å². The van der Waals surface area contributed by atoms with Gasteiger partial charge in [0.2, 0.25) is 5.91 Å². The Labute approximate surface area is 246 Å². The molecule has 2 aromatic rings. The van der Waals surface area contributed by atoms with Crippen LogP contribution in [0.2, 0.25) is 0 Å². The van der Waals surface area contributed by atoms with E-state index >= 15 is 0 Å². The Morgan fingerprint density at radius 3 is 2.27 bits per heavy atom. The third-order valence-electron chi connectivity index (χ3n) is 4.96. The van der Waals surface area contributed by atoms with Crippen molar-refractivity contribution in [2.24, 2.45) is 0 Å². The molecule has 1 fully saturated rings. The zero-order valence-corrected chi connectivity index (χ0v) is 25.8. The van der Waals surface area contributed by atoms with Gasteiger partial charge in [-0.25, -0.2) is 4.79 Å². The molecular weight excluding hydrogens is 882 g/mol. The molecule has 2 amide bonds. The molecule has 1 heterocycles. The summed E-state index contributed by atoms with van der Waals surface area (Å²) in [6.45, 7) is 2.71. The van der Waals surface area contributed by atoms with Crippen LogP contribution in [0.3, 0.4) is 0 Å². The van der Waals surface area contributed by atoms with E-state index in [1.807, 2.05) is 12.1 Å². The Kier molecular flexibility index (Phi) is 10.4. The van der Waals surface area contributed by atoms with Gasteiger partial charge in [0.15, 0.2) is 5.75 Å². The van der Waals surface area contributed by atoms with Gasteiger partial charge in [0.05, 0.1) is 14.3 Å². The lowest BCUT2D eigenvalue weighted by Crippen LogP contribution is -2.50. The van der Waals surface area contributed by atoms with Crippen molar-refractivity contribution in [3.63, 3.8) is 0 Å². The summed E-state index contributed by atoms with van der Waals surface area (Å²) in [6, 6.07) is 6.48. The Hall–Kier alpha value is -0.340. The lowest BCUT2D eigenvalue weighted by atomic mass is 10.0. The molecule has 2 aromatic carbocycles. The van der Waals surface area contributed by atoms with E-state index in [1.165, 1.54) is 0 Å². The molecular formula is C21H21I4N3O5. The Morgan fingerprint density at radius 2 is 1.67 bits per heavy atom. The van der Waals surface area contributed by atoms with Gasteiger partial charge < -0.3 is 30.5 Å². The van der Waals surface area contributed by atoms with Crippen molar-refractivity contribution in [3.05, 3.63) is 44.1 Å². The summed E-state index contributed by atoms with van der Waals surface area (Å²) >= 11 is 8.47. The quantitative estimate of drug-likeness (QED) is 0.316. The number of rotatable bonds is 6. The predicted octanol–water partition coefficient (Wildman–Crippen LogP) is 4.60. The van der Waals surface area contributed by atoms with Crippen molar-refractivity contribution in [1.29, 1.82) is 0 Å². The summed E-state index contributed by atoms with van der Waals surface area (Å²) in [6.07, 6.45) is -0.138. The van der Waals surface area contributed by atoms with E-state index in [-0.39, 0.29) is 18.1 Å². The van der Waals surface area contributed by atoms with Gasteiger partial charge in [-0.15, -0.1) is 0 Å². The van der Waals surface area contributed by atoms with E-state index in [1.54, 1.807) is 17.0 Å². The summed E-state index contributed by atoms with van der Waals surface area (Å²) in [7, 11) is 0. The SMILES string of the molecule is O=C(O)N[C@@H](Cc1cc(I)c(Oc2cc(I)c(O)c(I)c2)c(I)c1)C(=O)N1CCCNCC1. The number of nitrogens with zero attached hydrogens (tertiary/aromatic N) is 1. The minimum atomic E-state index is -1.22. The van der Waals surface area contributed by atoms with Gasteiger partial charge in [0.25, 0.3) is 0 Å². The lowest BCUT2D eigenvalue weighted by Gasteiger charge is -2.26. The van der Waals surface area contributed by atoms with Crippen LogP contribution in [0.15, 0.2) is 24.3 Å². The average molecular weight is 903 g/mol. The van der Waals surface area contributed by atoms with E-state index in [0.717, 1.165) is 25.7 Å². The highest BCUT2D eigenvalue weighted by atomic mass is 127. The maximum atomic E-state index is 13.1. The largest absolute Gasteiger partial charge is 0.506 e. The Morgan fingerprint density at radius 1 is 1.03 bits per heavy atom. The number of phenols is 1. The molecule has 0 radical (unpaired) electrons. The van der Waals surface area contributed by atoms with E-state index in [0.29, 0.717) is 38.3 Å². The second-order valence-corrected chi connectivity index (χ2v) is 12.0. The molecule has 33 heavy (non-hydrogen) atoms. The number of phenolic OH excluding ortho intramolecular Hbond substituents is 1. The normalized spacial score (nSPS) is 15.0. The molecule has 12 heteroatoms. The van der Waals surface area contributed by atoms with Crippen molar-refractivity contribution in [1.82, 2.24) is 15.5 Å². The fourth-order valence-corrected chi connectivity index (χ4v) is 7.25. The minimum Gasteiger partial charge on any atom is -0.506 e. The number of nitrogens with one attached hydrogen (secondary N) is 2. The number of hydrogen-bond acceptors (Lipinski definition) is 5. The van der Waals surface area contributed by atoms with Gasteiger partial charge in [-0.2, -0.15) is 0 Å². The fourth-order valence-electron chi connectivity index (χ4n) is 3.42. The van der Waals surface area contributed by atoms with Crippen molar-refractivity contribution >= 4 is 102 Å². The summed E-state index contributed by atoms with van der Waals surface area (Å²) in [5.41, 5.74) is 0.839. The van der Waals surface area contributed by atoms with Crippen LogP contribution >= 0.6 is 90.4 Å². The average Bonchev–Trinajstić information content (AvgIpc) is 3.03. The second-order valence-electron chi connectivity index (χ2n) is 7.36. The molecule has 178 valence electrons. The van der Waals surface area contributed by atoms with Crippen LogP contribution in [-0.4, -0.2) is 59.3 Å². The summed E-state index contributed by atoms with van der Waals surface area (Å²) < 4.78 is 9.18. The first kappa shape index (κ1) is 27.3. The van der Waals surface area contributed by atoms with E-state index in [2.05, 4.69) is 101 Å². The van der Waals surface area contributed by atoms with Crippen molar-refractivity contribution in [2.45, 2.75) is 18.9 Å². The van der Waals surface area contributed by atoms with Crippen LogP contribution in [0, 0.1) is 14.3 Å². The van der Waals surface area contributed by atoms with Crippen LogP contribution in [0.4, 0.5) is 4.79 Å². The van der Waals surface area contributed by atoms with Crippen molar-refractivity contribution in [2.75, 3.05) is 26.2 Å². The smallest absolute Gasteiger partial charge is 0.405 e. The maximum absolute atomic E-state index is 13.1. The molecule has 8 nitrogen and oxygen atoms in total. The zero-order chi connectivity index (χ0) is 24.1. The van der Waals surface area contributed by atoms with Gasteiger partial charge in [-0.05, 0) is 133 Å². The maximum Gasteiger partial charge on any atom is 0.405 e. The fraction of sp³-hybridized carbons (Fsp3) is 0.333. The number of aromatic hydroxyl groups is 1. The molecule has 1 saturated heterocycles. The minimum absolute atomic E-state index is 0.209. The number of carbonyl (C=O) groups excluding carboxylic acids is 1. The van der Waals surface area contributed by atoms with Crippen LogP contribution in [0.25, 0.3) is 0 Å². The van der Waals surface area contributed by atoms with Crippen LogP contribution < -0.4 is 15.4 Å². The number of halogens is 4. The molecule has 4 N–H and O–H groups in total. The molecule has 0 unspecified atom stereocenters. The molecule has 1 aliphatic heterocycles. The zero-order valence-electron chi connectivity index (χ0n) is 17.2. The molecule has 0 bridgehead atoms. The first-order chi connectivity index (χ1) is 15.7. The van der Waals surface area contributed by atoms with Crippen LogP contribution in [-0.2, 0) is 11.2 Å². The van der Waals surface area contributed by atoms with E-state index < -0.39 is 12.1 Å². The van der Waals surface area contributed by atoms with E-state index in [9.17, 15) is 19.8 Å². The van der Waals surface area contributed by atoms with Crippen LogP contribution in [0.1, 0.15) is 12.0 Å². The predicted molar refractivity (Wildman–Crippen MR) is 158 cm³/mol. The first-order valence-electron chi connectivity index (χ1n) is 9.98. The highest BCUT2D eigenvalue weighted by Gasteiger charge is 2.27. The van der Waals surface area contributed by atoms with Gasteiger partial charge in [-0.1, -0.05) is 0 Å². The number of carboxylic acid groups (broad SMARTS) is 1. The van der Waals surface area contributed by atoms with Gasteiger partial charge in [0, 0.05) is 26.1 Å². The number of carbonyl (C=O) groups is 2. The first-order valence-corrected chi connectivity index (χ1v) is 14.3. The number of hydrogen-bond donors (Lipinski definition) is 4. The molecule has 0 spiro atoms. The summed E-state index contributed by atoms with van der Waals surface area (Å²) in [5.74, 6) is 1.30. The highest BCUT2D eigenvalue weighted by Crippen LogP contribution is 2.37. The van der Waals surface area contributed by atoms with Gasteiger partial charge in [-0.3, -0.25) is 4.79 Å². The summed E-state index contributed by atoms with van der Waals surface area (Å²) in [4.78, 5) is 26.2. The van der Waals surface area contributed by atoms with Crippen molar-refractivity contribution in [3.8, 4) is 17.2 Å². The molecule has 1 atom stereocenters. The molecule has 0 saturated carbocycles. The molecule has 1 aliphatic rings. The Bertz CT molecular complexity index is 999. The monoisotopic (exact) mass is 903 g/mol. The summed E-state index contributed by atoms with van der Waals surface area (Å²) in [5, 5.41) is 24.9. The third kappa shape index (κ3) is 7.57. The van der Waals surface area contributed by atoms with Gasteiger partial charge in [0.1, 0.15) is 17.5 Å². The van der Waals surface area contributed by atoms with Gasteiger partial charge >= 0.3 is 6.09 Å². The van der Waals surface area contributed by atoms with Crippen LogP contribution in [0.5, 0.6) is 17.2 Å². The molecule has 0 aromatic heterocycles. The molecule has 0 aliphatic carbocycles. The third-order valence-corrected chi connectivity index (χ3v) is 8.20. The second kappa shape index (κ2) is 12.6. The Balaban J connectivity index is 1.81. The topological polar surface area (TPSA) is 111 Å². The standard InChI is InChI=1S/C21H21I4N3O5/c22-13-9-12(10-14(23)18(13)29)33-19-15(24)6-11(7-16(19)25)8-17(27-21(31)32)20(30)28-4-1-2-26-3-5-28/h6-7,9-10,17,26-27,29H,1-5,8H2,(H,31,32)/t17-/m0/s1. The number of benzene rings is 2. The number of amides is 2. The van der Waals surface area contributed by atoms with E-state index in [4.69, 9.17) is 4.74 Å². The molecule has 3 rings (SSSR count). The highest BCUT2D eigenvalue weighted by molar-refractivity contribution is 14.1. The lowest BCUT2D eigenvalue weighted by molar-refractivity contribution is -0.133. The number of ether oxygens (including phenoxy) is 1.